The molecule has 0 atom stereocenters. The Labute approximate surface area is 63.9 Å². The first-order chi connectivity index (χ1) is 4.43. The Morgan fingerprint density at radius 1 is 1.78 bits per heavy atom. The molecule has 0 unspecified atom stereocenters. The van der Waals surface area contributed by atoms with Crippen molar-refractivity contribution in [2.24, 2.45) is 0 Å². The molecule has 1 nitrogen and oxygen atoms in total. The molecule has 0 N–H and O–H groups in total. The van der Waals surface area contributed by atoms with Gasteiger partial charge in [0.15, 0.2) is 0 Å². The molecular weight excluding hydrogens is 150 g/mol. The highest BCUT2D eigenvalue weighted by Crippen LogP contribution is 2.02. The number of aromatic nitrogens is 1. The van der Waals surface area contributed by atoms with Gasteiger partial charge < -0.3 is 0 Å². The molecule has 0 saturated carbocycles. The van der Waals surface area contributed by atoms with Crippen LogP contribution in [-0.4, -0.2) is 10.7 Å². The van der Waals surface area contributed by atoms with E-state index in [1.165, 1.54) is 0 Å². The third kappa shape index (κ3) is 2.20. The van der Waals surface area contributed by atoms with E-state index in [4.69, 9.17) is 0 Å². The monoisotopic (exact) mass is 157 g/mol. The zero-order valence-corrected chi connectivity index (χ0v) is 6.53. The van der Waals surface area contributed by atoms with Gasteiger partial charge in [0.1, 0.15) is 0 Å². The molecular formula is C6H7NS2. The highest BCUT2D eigenvalue weighted by molar-refractivity contribution is 7.80. The van der Waals surface area contributed by atoms with Gasteiger partial charge in [0.2, 0.25) is 0 Å². The van der Waals surface area contributed by atoms with E-state index < -0.39 is 0 Å². The van der Waals surface area contributed by atoms with Crippen molar-refractivity contribution in [3.8, 4) is 0 Å². The molecule has 0 bridgehead atoms. The Morgan fingerprint density at radius 3 is 3.22 bits per heavy atom. The molecule has 0 amide bonds. The second-order valence-electron chi connectivity index (χ2n) is 1.50. The summed E-state index contributed by atoms with van der Waals surface area (Å²) in [5.74, 6) is 0.775. The first-order valence-corrected chi connectivity index (χ1v) is 4.16. The maximum Gasteiger partial charge on any atom is 0.0798 e. The van der Waals surface area contributed by atoms with E-state index in [0.717, 1.165) is 11.4 Å². The van der Waals surface area contributed by atoms with Crippen molar-refractivity contribution in [1.82, 2.24) is 4.98 Å². The largest absolute Gasteiger partial charge is 0.245 e. The Hall–Kier alpha value is -0.280. The molecule has 1 rings (SSSR count). The fraction of sp³-hybridized carbons (Fsp3) is 0.167. The van der Waals surface area contributed by atoms with Gasteiger partial charge in [-0.3, -0.25) is 0 Å². The Morgan fingerprint density at radius 2 is 2.67 bits per heavy atom. The lowest BCUT2D eigenvalue weighted by Gasteiger charge is -1.77. The highest BCUT2D eigenvalue weighted by Gasteiger charge is 1.83. The summed E-state index contributed by atoms with van der Waals surface area (Å²) in [5, 5.41) is 2.00. The quantitative estimate of drug-likeness (QED) is 0.649. The maximum atomic E-state index is 4.05. The van der Waals surface area contributed by atoms with Crippen LogP contribution in [0.3, 0.4) is 0 Å². The van der Waals surface area contributed by atoms with Crippen molar-refractivity contribution in [3.63, 3.8) is 0 Å². The molecule has 9 heavy (non-hydrogen) atoms. The summed E-state index contributed by atoms with van der Waals surface area (Å²) in [6, 6.07) is 0. The van der Waals surface area contributed by atoms with Gasteiger partial charge in [0.25, 0.3) is 0 Å². The smallest absolute Gasteiger partial charge is 0.0798 e. The van der Waals surface area contributed by atoms with Crippen molar-refractivity contribution >= 4 is 30.0 Å². The molecule has 1 aromatic rings. The number of rotatable bonds is 2. The molecule has 48 valence electrons. The van der Waals surface area contributed by atoms with Crippen molar-refractivity contribution in [2.75, 3.05) is 5.75 Å². The highest BCUT2D eigenvalue weighted by atomic mass is 32.1. The molecule has 1 aromatic heterocycles. The van der Waals surface area contributed by atoms with Gasteiger partial charge in [-0.25, -0.2) is 4.98 Å². The van der Waals surface area contributed by atoms with Crippen LogP contribution < -0.4 is 0 Å². The summed E-state index contributed by atoms with van der Waals surface area (Å²) in [7, 11) is 0. The van der Waals surface area contributed by atoms with Gasteiger partial charge in [0.05, 0.1) is 11.2 Å². The Balaban J connectivity index is 2.57. The van der Waals surface area contributed by atoms with Gasteiger partial charge in [-0.15, -0.1) is 11.3 Å². The average Bonchev–Trinajstić information content (AvgIpc) is 2.34. The summed E-state index contributed by atoms with van der Waals surface area (Å²) in [6.45, 7) is 0. The van der Waals surface area contributed by atoms with Crippen LogP contribution in [0.15, 0.2) is 17.0 Å². The number of thiol groups is 1. The fourth-order valence-electron chi connectivity index (χ4n) is 0.478. The van der Waals surface area contributed by atoms with E-state index in [-0.39, 0.29) is 0 Å². The summed E-state index contributed by atoms with van der Waals surface area (Å²) < 4.78 is 0. The van der Waals surface area contributed by atoms with Crippen LogP contribution in [0, 0.1) is 0 Å². The lowest BCUT2D eigenvalue weighted by atomic mass is 10.4. The number of hydrogen-bond acceptors (Lipinski definition) is 3. The maximum absolute atomic E-state index is 4.05. The standard InChI is InChI=1S/C6H7NS2/c8-3-1-2-6-4-9-5-7-6/h1-2,4-5,8H,3H2. The molecule has 1 heterocycles. The molecule has 0 aliphatic rings. The van der Waals surface area contributed by atoms with Gasteiger partial charge >= 0.3 is 0 Å². The summed E-state index contributed by atoms with van der Waals surface area (Å²) in [4.78, 5) is 4.05. The van der Waals surface area contributed by atoms with Gasteiger partial charge in [0, 0.05) is 11.1 Å². The number of hydrogen-bond donors (Lipinski definition) is 1. The van der Waals surface area contributed by atoms with Crippen molar-refractivity contribution < 1.29 is 0 Å². The van der Waals surface area contributed by atoms with Gasteiger partial charge in [-0.1, -0.05) is 6.08 Å². The average molecular weight is 157 g/mol. The third-order valence-corrected chi connectivity index (χ3v) is 1.66. The molecule has 0 aliphatic carbocycles. The first-order valence-electron chi connectivity index (χ1n) is 2.59. The predicted octanol–water partition coefficient (Wildman–Crippen LogP) is 2.09. The van der Waals surface area contributed by atoms with E-state index in [1.54, 1.807) is 11.3 Å². The molecule has 3 heteroatoms. The topological polar surface area (TPSA) is 12.9 Å². The van der Waals surface area contributed by atoms with Crippen molar-refractivity contribution in [1.29, 1.82) is 0 Å². The van der Waals surface area contributed by atoms with Crippen LogP contribution in [0.5, 0.6) is 0 Å². The molecule has 0 aromatic carbocycles. The van der Waals surface area contributed by atoms with Gasteiger partial charge in [-0.05, 0) is 6.08 Å². The molecule has 0 fully saturated rings. The summed E-state index contributed by atoms with van der Waals surface area (Å²) >= 11 is 5.62. The lowest BCUT2D eigenvalue weighted by Crippen LogP contribution is -1.66. The lowest BCUT2D eigenvalue weighted by molar-refractivity contribution is 1.38. The van der Waals surface area contributed by atoms with Crippen LogP contribution >= 0.6 is 24.0 Å². The third-order valence-electron chi connectivity index (χ3n) is 0.845. The Kier molecular flexibility index (Phi) is 2.80. The van der Waals surface area contributed by atoms with E-state index >= 15 is 0 Å². The zero-order valence-electron chi connectivity index (χ0n) is 4.82. The molecule has 0 aliphatic heterocycles. The van der Waals surface area contributed by atoms with Crippen LogP contribution in [0.4, 0.5) is 0 Å². The molecule has 0 saturated heterocycles. The minimum atomic E-state index is 0.775. The minimum Gasteiger partial charge on any atom is -0.245 e. The van der Waals surface area contributed by atoms with E-state index in [0.29, 0.717) is 0 Å². The second kappa shape index (κ2) is 3.69. The van der Waals surface area contributed by atoms with Crippen molar-refractivity contribution in [3.05, 3.63) is 22.7 Å². The van der Waals surface area contributed by atoms with E-state index in [2.05, 4.69) is 17.6 Å². The van der Waals surface area contributed by atoms with Crippen LogP contribution in [-0.2, 0) is 0 Å². The fourth-order valence-corrected chi connectivity index (χ4v) is 1.11. The normalized spacial score (nSPS) is 10.8. The van der Waals surface area contributed by atoms with Gasteiger partial charge in [-0.2, -0.15) is 12.6 Å². The minimum absolute atomic E-state index is 0.775. The zero-order chi connectivity index (χ0) is 6.53. The summed E-state index contributed by atoms with van der Waals surface area (Å²) in [5.41, 5.74) is 2.84. The SMILES string of the molecule is SCC=Cc1cscn1. The van der Waals surface area contributed by atoms with Crippen LogP contribution in [0.2, 0.25) is 0 Å². The predicted molar refractivity (Wildman–Crippen MR) is 45.0 cm³/mol. The van der Waals surface area contributed by atoms with E-state index in [1.807, 2.05) is 23.0 Å². The van der Waals surface area contributed by atoms with Crippen LogP contribution in [0.25, 0.3) is 6.08 Å². The Bertz CT molecular complexity index is 179. The van der Waals surface area contributed by atoms with E-state index in [9.17, 15) is 0 Å². The first kappa shape index (κ1) is 6.83. The van der Waals surface area contributed by atoms with Crippen molar-refractivity contribution in [2.45, 2.75) is 0 Å². The molecule has 0 spiro atoms. The van der Waals surface area contributed by atoms with Crippen LogP contribution in [0.1, 0.15) is 5.69 Å². The number of thiazole rings is 1. The number of nitrogens with zero attached hydrogens (tertiary/aromatic N) is 1. The second-order valence-corrected chi connectivity index (χ2v) is 2.58. The summed E-state index contributed by atoms with van der Waals surface area (Å²) in [6.07, 6.45) is 3.93. The molecule has 0 radical (unpaired) electrons.